The van der Waals surface area contributed by atoms with Crippen LogP contribution in [0.3, 0.4) is 0 Å². The third-order valence-corrected chi connectivity index (χ3v) is 5.16. The summed E-state index contributed by atoms with van der Waals surface area (Å²) in [6.45, 7) is 2.41. The molecule has 0 saturated heterocycles. The molecule has 1 aliphatic heterocycles. The lowest BCUT2D eigenvalue weighted by molar-refractivity contribution is -0.144. The van der Waals surface area contributed by atoms with Crippen molar-refractivity contribution in [2.75, 3.05) is 25.2 Å². The van der Waals surface area contributed by atoms with Crippen LogP contribution in [0.15, 0.2) is 24.3 Å². The molecule has 4 nitrogen and oxygen atoms in total. The third kappa shape index (κ3) is 3.60. The Morgan fingerprint density at radius 1 is 1.50 bits per heavy atom. The van der Waals surface area contributed by atoms with Gasteiger partial charge in [-0.2, -0.15) is 0 Å². The minimum absolute atomic E-state index is 0.241. The first-order valence-electron chi connectivity index (χ1n) is 6.76. The van der Waals surface area contributed by atoms with Crippen molar-refractivity contribution in [3.63, 3.8) is 0 Å². The van der Waals surface area contributed by atoms with Gasteiger partial charge in [-0.1, -0.05) is 25.1 Å². The summed E-state index contributed by atoms with van der Waals surface area (Å²) in [7, 11) is 0.324. The van der Waals surface area contributed by atoms with Crippen molar-refractivity contribution < 1.29 is 18.5 Å². The Bertz CT molecular complexity index is 500. The van der Waals surface area contributed by atoms with E-state index in [-0.39, 0.29) is 17.8 Å². The van der Waals surface area contributed by atoms with Gasteiger partial charge in [0, 0.05) is 28.2 Å². The first-order chi connectivity index (χ1) is 9.61. The van der Waals surface area contributed by atoms with E-state index in [1.165, 1.54) is 7.11 Å². The number of hydrogen-bond donors (Lipinski definition) is 0. The molecule has 0 N–H and O–H groups in total. The maximum absolute atomic E-state index is 12.2. The molecule has 0 fully saturated rings. The molecule has 1 aliphatic rings. The Hall–Kier alpha value is -1.36. The average Bonchev–Trinajstić information content (AvgIpc) is 2.46. The molecular formula is C15H20O4S. The van der Waals surface area contributed by atoms with E-state index >= 15 is 0 Å². The summed E-state index contributed by atoms with van der Waals surface area (Å²) in [5, 5.41) is 0. The Labute approximate surface area is 121 Å². The summed E-state index contributed by atoms with van der Waals surface area (Å²) < 4.78 is 22.5. The molecule has 0 saturated carbocycles. The fourth-order valence-electron chi connectivity index (χ4n) is 2.43. The van der Waals surface area contributed by atoms with Gasteiger partial charge in [-0.15, -0.1) is 0 Å². The largest absolute Gasteiger partial charge is 0.493 e. The highest BCUT2D eigenvalue weighted by atomic mass is 32.2. The van der Waals surface area contributed by atoms with Crippen LogP contribution in [0.5, 0.6) is 5.75 Å². The van der Waals surface area contributed by atoms with Crippen LogP contribution >= 0.6 is 0 Å². The molecule has 20 heavy (non-hydrogen) atoms. The van der Waals surface area contributed by atoms with E-state index in [2.05, 4.69) is 4.74 Å². The second-order valence-corrected chi connectivity index (χ2v) is 6.62. The number of carbonyl (C=O) groups is 1. The normalized spacial score (nSPS) is 20.4. The second-order valence-electron chi connectivity index (χ2n) is 5.07. The second kappa shape index (κ2) is 6.88. The average molecular weight is 296 g/mol. The van der Waals surface area contributed by atoms with Gasteiger partial charge in [0.2, 0.25) is 0 Å². The van der Waals surface area contributed by atoms with Crippen molar-refractivity contribution >= 4 is 16.8 Å². The molecule has 0 aliphatic carbocycles. The van der Waals surface area contributed by atoms with Gasteiger partial charge in [-0.3, -0.25) is 9.00 Å². The first-order valence-corrected chi connectivity index (χ1v) is 8.25. The van der Waals surface area contributed by atoms with Gasteiger partial charge in [0.25, 0.3) is 0 Å². The molecule has 5 heteroatoms. The summed E-state index contributed by atoms with van der Waals surface area (Å²) in [5.74, 6) is 1.43. The van der Waals surface area contributed by atoms with E-state index in [0.29, 0.717) is 18.1 Å². The summed E-state index contributed by atoms with van der Waals surface area (Å²) in [5.41, 5.74) is 1.12. The van der Waals surface area contributed by atoms with Crippen molar-refractivity contribution in [2.24, 2.45) is 5.92 Å². The van der Waals surface area contributed by atoms with Crippen LogP contribution in [0.2, 0.25) is 0 Å². The van der Waals surface area contributed by atoms with E-state index in [4.69, 9.17) is 4.74 Å². The Morgan fingerprint density at radius 3 is 3.00 bits per heavy atom. The van der Waals surface area contributed by atoms with E-state index in [9.17, 15) is 9.00 Å². The molecule has 0 aromatic heterocycles. The van der Waals surface area contributed by atoms with E-state index < -0.39 is 10.8 Å². The number of fused-ring (bicyclic) bond motifs is 1. The molecule has 0 radical (unpaired) electrons. The maximum atomic E-state index is 12.2. The summed E-state index contributed by atoms with van der Waals surface area (Å²) >= 11 is 0. The van der Waals surface area contributed by atoms with Crippen molar-refractivity contribution in [1.82, 2.24) is 0 Å². The van der Waals surface area contributed by atoms with Crippen LogP contribution < -0.4 is 4.74 Å². The predicted molar refractivity (Wildman–Crippen MR) is 78.4 cm³/mol. The Morgan fingerprint density at radius 2 is 2.25 bits per heavy atom. The minimum atomic E-state index is -1.03. The smallest absolute Gasteiger partial charge is 0.309 e. The van der Waals surface area contributed by atoms with E-state index in [0.717, 1.165) is 17.7 Å². The van der Waals surface area contributed by atoms with Crippen molar-refractivity contribution in [3.05, 3.63) is 29.8 Å². The molecule has 1 aromatic carbocycles. The van der Waals surface area contributed by atoms with Crippen molar-refractivity contribution in [1.29, 1.82) is 0 Å². The van der Waals surface area contributed by atoms with Crippen LogP contribution in [0.4, 0.5) is 0 Å². The predicted octanol–water partition coefficient (Wildman–Crippen LogP) is 2.11. The number of para-hydroxylation sites is 1. The third-order valence-electron chi connectivity index (χ3n) is 3.51. The number of hydrogen-bond acceptors (Lipinski definition) is 4. The SMILES string of the molecule is COC(=O)C(C)CS(=O)CC1CCOc2ccccc21. The van der Waals surface area contributed by atoms with Gasteiger partial charge in [-0.25, -0.2) is 0 Å². The molecule has 3 atom stereocenters. The molecule has 0 bridgehead atoms. The van der Waals surface area contributed by atoms with Crippen LogP contribution in [0.25, 0.3) is 0 Å². The zero-order valence-corrected chi connectivity index (χ0v) is 12.7. The van der Waals surface area contributed by atoms with Crippen LogP contribution in [-0.4, -0.2) is 35.4 Å². The number of ether oxygens (including phenoxy) is 2. The van der Waals surface area contributed by atoms with Gasteiger partial charge < -0.3 is 9.47 Å². The zero-order chi connectivity index (χ0) is 14.5. The highest BCUT2D eigenvalue weighted by Gasteiger charge is 2.24. The fourth-order valence-corrected chi connectivity index (χ4v) is 4.05. The van der Waals surface area contributed by atoms with E-state index in [1.54, 1.807) is 6.92 Å². The molecule has 1 heterocycles. The van der Waals surface area contributed by atoms with E-state index in [1.807, 2.05) is 24.3 Å². The lowest BCUT2D eigenvalue weighted by Crippen LogP contribution is -2.24. The molecule has 3 unspecified atom stereocenters. The lowest BCUT2D eigenvalue weighted by Gasteiger charge is -2.25. The Balaban J connectivity index is 1.97. The van der Waals surface area contributed by atoms with Gasteiger partial charge in [0.15, 0.2) is 0 Å². The van der Waals surface area contributed by atoms with Crippen molar-refractivity contribution in [3.8, 4) is 5.75 Å². The summed E-state index contributed by atoms with van der Waals surface area (Å²) in [6, 6.07) is 7.89. The van der Waals surface area contributed by atoms with Gasteiger partial charge in [-0.05, 0) is 18.1 Å². The quantitative estimate of drug-likeness (QED) is 0.781. The number of benzene rings is 1. The number of carbonyl (C=O) groups excluding carboxylic acids is 1. The standard InChI is InChI=1S/C15H20O4S/c1-11(15(16)18-2)9-20(17)10-12-7-8-19-14-6-4-3-5-13(12)14/h3-6,11-12H,7-10H2,1-2H3. The number of esters is 1. The van der Waals surface area contributed by atoms with Gasteiger partial charge in [0.05, 0.1) is 19.6 Å². The minimum Gasteiger partial charge on any atom is -0.493 e. The zero-order valence-electron chi connectivity index (χ0n) is 11.8. The van der Waals surface area contributed by atoms with Gasteiger partial charge >= 0.3 is 5.97 Å². The van der Waals surface area contributed by atoms with Crippen LogP contribution in [0, 0.1) is 5.92 Å². The van der Waals surface area contributed by atoms with Crippen LogP contribution in [-0.2, 0) is 20.3 Å². The first kappa shape index (κ1) is 15.0. The molecule has 110 valence electrons. The fraction of sp³-hybridized carbons (Fsp3) is 0.533. The summed E-state index contributed by atoms with van der Waals surface area (Å²) in [4.78, 5) is 11.4. The molecule has 2 rings (SSSR count). The maximum Gasteiger partial charge on any atom is 0.309 e. The van der Waals surface area contributed by atoms with Crippen LogP contribution in [0.1, 0.15) is 24.8 Å². The topological polar surface area (TPSA) is 52.6 Å². The highest BCUT2D eigenvalue weighted by molar-refractivity contribution is 7.85. The molecular weight excluding hydrogens is 276 g/mol. The number of rotatable bonds is 5. The number of methoxy groups -OCH3 is 1. The highest BCUT2D eigenvalue weighted by Crippen LogP contribution is 2.33. The lowest BCUT2D eigenvalue weighted by atomic mass is 9.95. The summed E-state index contributed by atoms with van der Waals surface area (Å²) in [6.07, 6.45) is 0.870. The Kier molecular flexibility index (Phi) is 5.17. The monoisotopic (exact) mass is 296 g/mol. The van der Waals surface area contributed by atoms with Crippen molar-refractivity contribution in [2.45, 2.75) is 19.3 Å². The van der Waals surface area contributed by atoms with Gasteiger partial charge in [0.1, 0.15) is 5.75 Å². The molecule has 1 aromatic rings. The molecule has 0 amide bonds. The molecule has 0 spiro atoms.